The van der Waals surface area contributed by atoms with Crippen LogP contribution in [0.4, 0.5) is 0 Å². The molecule has 2 bridgehead atoms. The van der Waals surface area contributed by atoms with E-state index in [9.17, 15) is 4.79 Å². The van der Waals surface area contributed by atoms with Crippen LogP contribution >= 0.6 is 0 Å². The molecule has 110 valence electrons. The Kier molecular flexibility index (Phi) is 3.78. The Morgan fingerprint density at radius 2 is 2.15 bits per heavy atom. The first-order chi connectivity index (χ1) is 9.69. The van der Waals surface area contributed by atoms with Gasteiger partial charge in [0.2, 0.25) is 5.76 Å². The minimum atomic E-state index is 0.00755. The fourth-order valence-electron chi connectivity index (χ4n) is 3.61. The monoisotopic (exact) mass is 277 g/mol. The number of aromatic nitrogens is 1. The van der Waals surface area contributed by atoms with Crippen LogP contribution < -0.4 is 5.32 Å². The largest absolute Gasteiger partial charge is 0.438 e. The van der Waals surface area contributed by atoms with E-state index in [0.717, 1.165) is 25.8 Å². The smallest absolute Gasteiger partial charge is 0.291 e. The Morgan fingerprint density at radius 1 is 1.45 bits per heavy atom. The SMILES string of the molecule is CCCN(C(=O)c1ocnc1C)C1CC2CCC(C1)N2. The molecule has 0 aliphatic carbocycles. The number of amides is 1. The van der Waals surface area contributed by atoms with Crippen molar-refractivity contribution in [1.29, 1.82) is 0 Å². The number of hydrogen-bond acceptors (Lipinski definition) is 4. The number of carbonyl (C=O) groups excluding carboxylic acids is 1. The zero-order valence-corrected chi connectivity index (χ0v) is 12.3. The summed E-state index contributed by atoms with van der Waals surface area (Å²) in [6.07, 6.45) is 6.95. The van der Waals surface area contributed by atoms with E-state index in [1.807, 2.05) is 11.8 Å². The molecule has 0 radical (unpaired) electrons. The Balaban J connectivity index is 1.78. The second-order valence-electron chi connectivity index (χ2n) is 6.03. The van der Waals surface area contributed by atoms with Crippen molar-refractivity contribution in [2.45, 2.75) is 64.1 Å². The molecule has 2 saturated heterocycles. The molecular formula is C15H23N3O2. The molecule has 20 heavy (non-hydrogen) atoms. The van der Waals surface area contributed by atoms with Crippen molar-refractivity contribution in [3.8, 4) is 0 Å². The maximum Gasteiger partial charge on any atom is 0.291 e. The second kappa shape index (κ2) is 5.56. The summed E-state index contributed by atoms with van der Waals surface area (Å²) in [4.78, 5) is 18.8. The molecule has 3 rings (SSSR count). The number of piperidine rings is 1. The summed E-state index contributed by atoms with van der Waals surface area (Å²) in [5.41, 5.74) is 0.688. The molecule has 2 aliphatic rings. The average molecular weight is 277 g/mol. The van der Waals surface area contributed by atoms with Gasteiger partial charge in [-0.1, -0.05) is 6.92 Å². The fraction of sp³-hybridized carbons (Fsp3) is 0.733. The quantitative estimate of drug-likeness (QED) is 0.916. The third-order valence-corrected chi connectivity index (χ3v) is 4.55. The Hall–Kier alpha value is -1.36. The summed E-state index contributed by atoms with van der Waals surface area (Å²) in [5.74, 6) is 0.414. The van der Waals surface area contributed by atoms with E-state index in [-0.39, 0.29) is 5.91 Å². The van der Waals surface area contributed by atoms with E-state index in [2.05, 4.69) is 17.2 Å². The zero-order valence-electron chi connectivity index (χ0n) is 12.3. The normalized spacial score (nSPS) is 28.6. The summed E-state index contributed by atoms with van der Waals surface area (Å²) >= 11 is 0. The van der Waals surface area contributed by atoms with Crippen molar-refractivity contribution in [2.75, 3.05) is 6.54 Å². The average Bonchev–Trinajstić information content (AvgIpc) is 3.01. The zero-order chi connectivity index (χ0) is 14.1. The summed E-state index contributed by atoms with van der Waals surface area (Å²) in [6, 6.07) is 1.51. The lowest BCUT2D eigenvalue weighted by atomic mass is 9.97. The molecule has 5 heteroatoms. The van der Waals surface area contributed by atoms with Gasteiger partial charge in [-0.2, -0.15) is 0 Å². The number of aryl methyl sites for hydroxylation is 1. The lowest BCUT2D eigenvalue weighted by molar-refractivity contribution is 0.0583. The maximum atomic E-state index is 12.7. The van der Waals surface area contributed by atoms with E-state index in [1.165, 1.54) is 19.2 Å². The highest BCUT2D eigenvalue weighted by Gasteiger charge is 2.38. The predicted octanol–water partition coefficient (Wildman–Crippen LogP) is 2.12. The first kappa shape index (κ1) is 13.6. The number of oxazole rings is 1. The van der Waals surface area contributed by atoms with Crippen LogP contribution in [0.15, 0.2) is 10.8 Å². The van der Waals surface area contributed by atoms with Crippen molar-refractivity contribution in [2.24, 2.45) is 0 Å². The molecule has 2 aliphatic heterocycles. The van der Waals surface area contributed by atoms with Gasteiger partial charge in [0, 0.05) is 24.7 Å². The number of carbonyl (C=O) groups is 1. The van der Waals surface area contributed by atoms with Crippen molar-refractivity contribution in [1.82, 2.24) is 15.2 Å². The molecule has 5 nitrogen and oxygen atoms in total. The Labute approximate surface area is 119 Å². The summed E-state index contributed by atoms with van der Waals surface area (Å²) in [6.45, 7) is 4.74. The number of hydrogen-bond donors (Lipinski definition) is 1. The molecule has 2 fully saturated rings. The van der Waals surface area contributed by atoms with Crippen LogP contribution in [0.25, 0.3) is 0 Å². The molecular weight excluding hydrogens is 254 g/mol. The summed E-state index contributed by atoms with van der Waals surface area (Å²) in [7, 11) is 0. The van der Waals surface area contributed by atoms with Gasteiger partial charge >= 0.3 is 0 Å². The number of rotatable bonds is 4. The maximum absolute atomic E-state index is 12.7. The Bertz CT molecular complexity index is 473. The third-order valence-electron chi connectivity index (χ3n) is 4.55. The molecule has 1 N–H and O–H groups in total. The molecule has 0 saturated carbocycles. The third kappa shape index (κ3) is 2.46. The minimum Gasteiger partial charge on any atom is -0.438 e. The lowest BCUT2D eigenvalue weighted by Crippen LogP contribution is -2.50. The van der Waals surface area contributed by atoms with Gasteiger partial charge in [-0.05, 0) is 39.0 Å². The predicted molar refractivity (Wildman–Crippen MR) is 75.5 cm³/mol. The van der Waals surface area contributed by atoms with Crippen LogP contribution in [0.1, 0.15) is 55.3 Å². The summed E-state index contributed by atoms with van der Waals surface area (Å²) in [5, 5.41) is 3.63. The topological polar surface area (TPSA) is 58.4 Å². The number of nitrogens with zero attached hydrogens (tertiary/aromatic N) is 2. The molecule has 1 aromatic heterocycles. The highest BCUT2D eigenvalue weighted by Crippen LogP contribution is 2.30. The van der Waals surface area contributed by atoms with Crippen LogP contribution in [0.5, 0.6) is 0 Å². The van der Waals surface area contributed by atoms with E-state index < -0.39 is 0 Å². The van der Waals surface area contributed by atoms with Crippen molar-refractivity contribution in [3.05, 3.63) is 17.8 Å². The molecule has 1 aromatic rings. The van der Waals surface area contributed by atoms with Crippen molar-refractivity contribution in [3.63, 3.8) is 0 Å². The lowest BCUT2D eigenvalue weighted by Gasteiger charge is -2.37. The molecule has 2 atom stereocenters. The second-order valence-corrected chi connectivity index (χ2v) is 6.03. The molecule has 3 heterocycles. The van der Waals surface area contributed by atoms with Crippen molar-refractivity contribution >= 4 is 5.91 Å². The minimum absolute atomic E-state index is 0.00755. The van der Waals surface area contributed by atoms with Crippen molar-refractivity contribution < 1.29 is 9.21 Å². The van der Waals surface area contributed by atoms with E-state index in [0.29, 0.717) is 29.6 Å². The number of fused-ring (bicyclic) bond motifs is 2. The highest BCUT2D eigenvalue weighted by atomic mass is 16.3. The first-order valence-electron chi connectivity index (χ1n) is 7.66. The van der Waals surface area contributed by atoms with Crippen LogP contribution in [0.2, 0.25) is 0 Å². The van der Waals surface area contributed by atoms with Crippen LogP contribution in [-0.2, 0) is 0 Å². The van der Waals surface area contributed by atoms with Gasteiger partial charge in [-0.25, -0.2) is 4.98 Å². The molecule has 1 amide bonds. The first-order valence-corrected chi connectivity index (χ1v) is 7.66. The molecule has 0 spiro atoms. The van der Waals surface area contributed by atoms with Gasteiger partial charge in [0.1, 0.15) is 0 Å². The fourth-order valence-corrected chi connectivity index (χ4v) is 3.61. The van der Waals surface area contributed by atoms with Gasteiger partial charge in [-0.3, -0.25) is 4.79 Å². The van der Waals surface area contributed by atoms with Gasteiger partial charge in [0.15, 0.2) is 6.39 Å². The van der Waals surface area contributed by atoms with Gasteiger partial charge in [0.25, 0.3) is 5.91 Å². The highest BCUT2D eigenvalue weighted by molar-refractivity contribution is 5.92. The summed E-state index contributed by atoms with van der Waals surface area (Å²) < 4.78 is 5.30. The van der Waals surface area contributed by atoms with Crippen LogP contribution in [0.3, 0.4) is 0 Å². The van der Waals surface area contributed by atoms with Crippen LogP contribution in [-0.4, -0.2) is 40.5 Å². The van der Waals surface area contributed by atoms with Crippen LogP contribution in [0, 0.1) is 6.92 Å². The van der Waals surface area contributed by atoms with E-state index >= 15 is 0 Å². The van der Waals surface area contributed by atoms with Gasteiger partial charge in [-0.15, -0.1) is 0 Å². The van der Waals surface area contributed by atoms with E-state index in [4.69, 9.17) is 4.42 Å². The standard InChI is InChI=1S/C15H23N3O2/c1-3-6-18(15(19)14-10(2)16-9-20-14)13-7-11-4-5-12(8-13)17-11/h9,11-13,17H,3-8H2,1-2H3. The molecule has 2 unspecified atom stereocenters. The van der Waals surface area contributed by atoms with E-state index in [1.54, 1.807) is 0 Å². The Morgan fingerprint density at radius 3 is 2.70 bits per heavy atom. The number of nitrogens with one attached hydrogen (secondary N) is 1. The van der Waals surface area contributed by atoms with Gasteiger partial charge in [0.05, 0.1) is 5.69 Å². The molecule has 0 aromatic carbocycles. The van der Waals surface area contributed by atoms with Gasteiger partial charge < -0.3 is 14.6 Å².